The van der Waals surface area contributed by atoms with Crippen molar-refractivity contribution in [3.05, 3.63) is 35.5 Å². The summed E-state index contributed by atoms with van der Waals surface area (Å²) in [5.41, 5.74) is 0.650. The van der Waals surface area contributed by atoms with Gasteiger partial charge in [0, 0.05) is 5.56 Å². The van der Waals surface area contributed by atoms with Gasteiger partial charge >= 0.3 is 0 Å². The number of nitrogens with zero attached hydrogens (tertiary/aromatic N) is 4. The first-order valence-electron chi connectivity index (χ1n) is 8.35. The quantitative estimate of drug-likeness (QED) is 0.377. The molecule has 0 unspecified atom stereocenters. The Morgan fingerprint density at radius 2 is 1.86 bits per heavy atom. The second-order valence-corrected chi connectivity index (χ2v) is 7.44. The molecule has 0 atom stereocenters. The molecular formula is C18H16N4O5S2. The summed E-state index contributed by atoms with van der Waals surface area (Å²) in [5.74, 6) is 3.28. The summed E-state index contributed by atoms with van der Waals surface area (Å²) >= 11 is 2.86. The van der Waals surface area contributed by atoms with Crippen LogP contribution in [0.4, 0.5) is 0 Å². The summed E-state index contributed by atoms with van der Waals surface area (Å²) in [6, 6.07) is 7.37. The van der Waals surface area contributed by atoms with Crippen LogP contribution in [0.1, 0.15) is 5.89 Å². The Kier molecular flexibility index (Phi) is 5.67. The number of hydrogen-bond donors (Lipinski definition) is 0. The molecule has 0 aliphatic heterocycles. The van der Waals surface area contributed by atoms with Gasteiger partial charge in [-0.1, -0.05) is 23.0 Å². The average Bonchev–Trinajstić information content (AvgIpc) is 3.52. The lowest BCUT2D eigenvalue weighted by Crippen LogP contribution is -1.95. The van der Waals surface area contributed by atoms with Gasteiger partial charge in [-0.05, 0) is 23.6 Å². The Morgan fingerprint density at radius 3 is 2.52 bits per heavy atom. The molecule has 4 rings (SSSR count). The van der Waals surface area contributed by atoms with E-state index in [9.17, 15) is 0 Å². The smallest absolute Gasteiger partial charge is 0.277 e. The highest BCUT2D eigenvalue weighted by Crippen LogP contribution is 2.41. The van der Waals surface area contributed by atoms with Crippen LogP contribution in [0.25, 0.3) is 22.2 Å². The van der Waals surface area contributed by atoms with E-state index in [2.05, 4.69) is 20.3 Å². The molecule has 0 spiro atoms. The lowest BCUT2D eigenvalue weighted by Gasteiger charge is -2.12. The van der Waals surface area contributed by atoms with Crippen molar-refractivity contribution >= 4 is 23.1 Å². The predicted molar refractivity (Wildman–Crippen MR) is 107 cm³/mol. The normalized spacial score (nSPS) is 10.9. The number of ether oxygens (including phenoxy) is 3. The van der Waals surface area contributed by atoms with E-state index in [1.54, 1.807) is 44.8 Å². The third kappa shape index (κ3) is 4.05. The molecule has 0 aliphatic rings. The lowest BCUT2D eigenvalue weighted by atomic mass is 10.2. The van der Waals surface area contributed by atoms with Crippen molar-refractivity contribution in [3.8, 4) is 39.4 Å². The number of thioether (sulfide) groups is 1. The maximum absolute atomic E-state index is 5.74. The molecule has 11 heteroatoms. The fraction of sp³-hybridized carbons (Fsp3) is 0.222. The van der Waals surface area contributed by atoms with Crippen LogP contribution >= 0.6 is 23.1 Å². The molecule has 0 aliphatic carbocycles. The summed E-state index contributed by atoms with van der Waals surface area (Å²) in [7, 11) is 4.64. The van der Waals surface area contributed by atoms with Gasteiger partial charge in [0.2, 0.25) is 23.4 Å². The van der Waals surface area contributed by atoms with Crippen LogP contribution in [0.3, 0.4) is 0 Å². The third-order valence-corrected chi connectivity index (χ3v) is 5.52. The molecule has 150 valence electrons. The molecule has 0 radical (unpaired) electrons. The van der Waals surface area contributed by atoms with Crippen molar-refractivity contribution in [1.29, 1.82) is 0 Å². The van der Waals surface area contributed by atoms with E-state index >= 15 is 0 Å². The highest BCUT2D eigenvalue weighted by molar-refractivity contribution is 7.98. The first-order valence-corrected chi connectivity index (χ1v) is 10.2. The minimum atomic E-state index is 0.330. The zero-order chi connectivity index (χ0) is 20.2. The molecule has 3 heterocycles. The van der Waals surface area contributed by atoms with Gasteiger partial charge < -0.3 is 23.2 Å². The first kappa shape index (κ1) is 19.3. The van der Waals surface area contributed by atoms with Crippen LogP contribution < -0.4 is 14.2 Å². The van der Waals surface area contributed by atoms with Crippen LogP contribution in [0, 0.1) is 0 Å². The SMILES string of the molecule is COc1cc(-c2nnc(SCc3nc(-c4cccs4)no3)o2)cc(OC)c1OC. The van der Waals surface area contributed by atoms with E-state index in [0.29, 0.717) is 51.4 Å². The molecule has 0 amide bonds. The summed E-state index contributed by atoms with van der Waals surface area (Å²) in [6.45, 7) is 0. The van der Waals surface area contributed by atoms with Crippen molar-refractivity contribution in [2.75, 3.05) is 21.3 Å². The molecule has 0 fully saturated rings. The van der Waals surface area contributed by atoms with Gasteiger partial charge in [-0.25, -0.2) is 0 Å². The highest BCUT2D eigenvalue weighted by atomic mass is 32.2. The Balaban J connectivity index is 1.49. The molecule has 1 aromatic carbocycles. The Labute approximate surface area is 174 Å². The van der Waals surface area contributed by atoms with Gasteiger partial charge in [0.05, 0.1) is 32.0 Å². The fourth-order valence-electron chi connectivity index (χ4n) is 2.53. The van der Waals surface area contributed by atoms with Gasteiger partial charge in [-0.3, -0.25) is 0 Å². The van der Waals surface area contributed by atoms with E-state index in [-0.39, 0.29) is 0 Å². The molecule has 0 saturated carbocycles. The topological polar surface area (TPSA) is 106 Å². The van der Waals surface area contributed by atoms with Crippen molar-refractivity contribution in [2.45, 2.75) is 11.0 Å². The first-order chi connectivity index (χ1) is 14.2. The molecule has 4 aromatic rings. The monoisotopic (exact) mass is 432 g/mol. The number of methoxy groups -OCH3 is 3. The summed E-state index contributed by atoms with van der Waals surface area (Å²) in [4.78, 5) is 5.32. The van der Waals surface area contributed by atoms with E-state index in [0.717, 1.165) is 4.88 Å². The zero-order valence-electron chi connectivity index (χ0n) is 15.7. The molecule has 29 heavy (non-hydrogen) atoms. The summed E-state index contributed by atoms with van der Waals surface area (Å²) in [5, 5.41) is 14.5. The third-order valence-electron chi connectivity index (χ3n) is 3.85. The Bertz CT molecular complexity index is 1070. The number of hydrogen-bond acceptors (Lipinski definition) is 11. The molecule has 0 bridgehead atoms. The van der Waals surface area contributed by atoms with E-state index in [1.807, 2.05) is 17.5 Å². The van der Waals surface area contributed by atoms with Crippen LogP contribution in [0.15, 0.2) is 43.8 Å². The zero-order valence-corrected chi connectivity index (χ0v) is 17.4. The lowest BCUT2D eigenvalue weighted by molar-refractivity contribution is 0.324. The highest BCUT2D eigenvalue weighted by Gasteiger charge is 2.18. The van der Waals surface area contributed by atoms with Crippen molar-refractivity contribution in [1.82, 2.24) is 20.3 Å². The van der Waals surface area contributed by atoms with Gasteiger partial charge in [0.15, 0.2) is 11.5 Å². The number of rotatable bonds is 8. The molecule has 3 aromatic heterocycles. The predicted octanol–water partition coefficient (Wildman–Crippen LogP) is 4.17. The second-order valence-electron chi connectivity index (χ2n) is 5.56. The minimum Gasteiger partial charge on any atom is -0.493 e. The number of thiophene rings is 1. The van der Waals surface area contributed by atoms with E-state index < -0.39 is 0 Å². The van der Waals surface area contributed by atoms with Gasteiger partial charge in [-0.15, -0.1) is 21.5 Å². The summed E-state index contributed by atoms with van der Waals surface area (Å²) < 4.78 is 27.1. The van der Waals surface area contributed by atoms with Crippen molar-refractivity contribution < 1.29 is 23.2 Å². The van der Waals surface area contributed by atoms with Gasteiger partial charge in [0.25, 0.3) is 5.22 Å². The van der Waals surface area contributed by atoms with Crippen LogP contribution in [-0.4, -0.2) is 41.7 Å². The largest absolute Gasteiger partial charge is 0.493 e. The standard InChI is InChI=1S/C18H16N4O5S2/c1-23-11-7-10(8-12(24-2)15(11)25-3)17-20-21-18(26-17)29-9-14-19-16(22-27-14)13-5-4-6-28-13/h4-8H,9H2,1-3H3. The second kappa shape index (κ2) is 8.53. The Hall–Kier alpha value is -3.05. The van der Waals surface area contributed by atoms with Crippen LogP contribution in [-0.2, 0) is 5.75 Å². The maximum Gasteiger partial charge on any atom is 0.277 e. The van der Waals surface area contributed by atoms with Crippen molar-refractivity contribution in [3.63, 3.8) is 0 Å². The molecule has 9 nitrogen and oxygen atoms in total. The van der Waals surface area contributed by atoms with Gasteiger partial charge in [-0.2, -0.15) is 4.98 Å². The molecular weight excluding hydrogens is 416 g/mol. The molecule has 0 saturated heterocycles. The van der Waals surface area contributed by atoms with Gasteiger partial charge in [0.1, 0.15) is 0 Å². The minimum absolute atomic E-state index is 0.330. The number of benzene rings is 1. The molecule has 0 N–H and O–H groups in total. The maximum atomic E-state index is 5.74. The van der Waals surface area contributed by atoms with E-state index in [4.69, 9.17) is 23.2 Å². The van der Waals surface area contributed by atoms with E-state index in [1.165, 1.54) is 11.8 Å². The average molecular weight is 432 g/mol. The summed E-state index contributed by atoms with van der Waals surface area (Å²) in [6.07, 6.45) is 0. The fourth-order valence-corrected chi connectivity index (χ4v) is 3.78. The van der Waals surface area contributed by atoms with Crippen LogP contribution in [0.2, 0.25) is 0 Å². The van der Waals surface area contributed by atoms with Crippen LogP contribution in [0.5, 0.6) is 17.2 Å². The number of aromatic nitrogens is 4. The Morgan fingerprint density at radius 1 is 1.07 bits per heavy atom. The van der Waals surface area contributed by atoms with Crippen molar-refractivity contribution in [2.24, 2.45) is 0 Å².